The van der Waals surface area contributed by atoms with E-state index in [9.17, 15) is 14.4 Å². The van der Waals surface area contributed by atoms with Gasteiger partial charge in [0.1, 0.15) is 6.04 Å². The predicted molar refractivity (Wildman–Crippen MR) is 84.8 cm³/mol. The van der Waals surface area contributed by atoms with Crippen molar-refractivity contribution >= 4 is 40.7 Å². The molecular formula is C13H21IN2O5. The maximum absolute atomic E-state index is 12.5. The van der Waals surface area contributed by atoms with Crippen LogP contribution < -0.4 is 0 Å². The van der Waals surface area contributed by atoms with E-state index < -0.39 is 24.1 Å². The summed E-state index contributed by atoms with van der Waals surface area (Å²) in [7, 11) is 0. The highest BCUT2D eigenvalue weighted by Crippen LogP contribution is 2.20. The number of carbonyl (C=O) groups is 3. The van der Waals surface area contributed by atoms with Gasteiger partial charge in [-0.15, -0.1) is 0 Å². The third-order valence-electron chi connectivity index (χ3n) is 3.72. The Morgan fingerprint density at radius 3 is 2.19 bits per heavy atom. The molecule has 1 heterocycles. The molecule has 21 heavy (non-hydrogen) atoms. The first-order chi connectivity index (χ1) is 9.88. The maximum atomic E-state index is 12.5. The standard InChI is InChI=1S/C13H21IN2O5/c1-9-4-7-15(8-5-9)11(17)10(3-2-6-14)16(12(18)19)13(20)21/h9-10H,2-8H2,1H3,(H,18,19)(H,20,21)/t10-/m0/s1. The van der Waals surface area contributed by atoms with Crippen molar-refractivity contribution in [1.82, 2.24) is 9.80 Å². The number of alkyl halides is 1. The number of carbonyl (C=O) groups excluding carboxylic acids is 1. The molecule has 1 aliphatic rings. The van der Waals surface area contributed by atoms with Crippen molar-refractivity contribution in [3.63, 3.8) is 0 Å². The summed E-state index contributed by atoms with van der Waals surface area (Å²) in [5.41, 5.74) is 0. The summed E-state index contributed by atoms with van der Waals surface area (Å²) in [6, 6.07) is -1.14. The van der Waals surface area contributed by atoms with Crippen LogP contribution in [0.15, 0.2) is 0 Å². The molecule has 3 amide bonds. The molecule has 0 aliphatic carbocycles. The van der Waals surface area contributed by atoms with Crippen molar-refractivity contribution in [2.45, 2.75) is 38.6 Å². The Bertz CT molecular complexity index is 382. The number of rotatable bonds is 5. The Labute approximate surface area is 137 Å². The minimum absolute atomic E-state index is 0.229. The monoisotopic (exact) mass is 412 g/mol. The normalized spacial score (nSPS) is 17.3. The summed E-state index contributed by atoms with van der Waals surface area (Å²) >= 11 is 2.12. The van der Waals surface area contributed by atoms with Crippen LogP contribution in [0.2, 0.25) is 0 Å². The molecule has 0 aromatic rings. The van der Waals surface area contributed by atoms with E-state index in [2.05, 4.69) is 29.5 Å². The summed E-state index contributed by atoms with van der Waals surface area (Å²) in [6.45, 7) is 3.23. The van der Waals surface area contributed by atoms with Crippen LogP contribution in [0.1, 0.15) is 32.6 Å². The molecule has 1 rings (SSSR count). The highest BCUT2D eigenvalue weighted by atomic mass is 127. The molecule has 0 aromatic carbocycles. The van der Waals surface area contributed by atoms with E-state index >= 15 is 0 Å². The van der Waals surface area contributed by atoms with E-state index in [1.807, 2.05) is 0 Å². The van der Waals surface area contributed by atoms with Crippen LogP contribution in [-0.2, 0) is 4.79 Å². The Kier molecular flexibility index (Phi) is 7.20. The van der Waals surface area contributed by atoms with Gasteiger partial charge in [-0.3, -0.25) is 4.79 Å². The van der Waals surface area contributed by atoms with Gasteiger partial charge in [0.05, 0.1) is 0 Å². The molecule has 1 aliphatic heterocycles. The molecule has 1 fully saturated rings. The zero-order chi connectivity index (χ0) is 16.0. The number of nitrogens with zero attached hydrogens (tertiary/aromatic N) is 2. The van der Waals surface area contributed by atoms with Gasteiger partial charge in [-0.1, -0.05) is 29.5 Å². The lowest BCUT2D eigenvalue weighted by molar-refractivity contribution is -0.137. The summed E-state index contributed by atoms with van der Waals surface area (Å²) in [5.74, 6) is 0.147. The van der Waals surface area contributed by atoms with E-state index in [1.54, 1.807) is 4.90 Å². The van der Waals surface area contributed by atoms with Crippen LogP contribution in [0.3, 0.4) is 0 Å². The van der Waals surface area contributed by atoms with E-state index in [0.717, 1.165) is 17.3 Å². The Balaban J connectivity index is 2.87. The van der Waals surface area contributed by atoms with Gasteiger partial charge in [-0.05, 0) is 36.0 Å². The molecule has 7 nitrogen and oxygen atoms in total. The van der Waals surface area contributed by atoms with Gasteiger partial charge in [-0.2, -0.15) is 4.90 Å². The number of imide groups is 1. The zero-order valence-corrected chi connectivity index (χ0v) is 14.2. The van der Waals surface area contributed by atoms with Gasteiger partial charge >= 0.3 is 12.2 Å². The number of hydrogen-bond donors (Lipinski definition) is 2. The lowest BCUT2D eigenvalue weighted by atomic mass is 9.98. The van der Waals surface area contributed by atoms with Crippen LogP contribution in [0.5, 0.6) is 0 Å². The van der Waals surface area contributed by atoms with Gasteiger partial charge in [0.25, 0.3) is 0 Å². The van der Waals surface area contributed by atoms with Gasteiger partial charge < -0.3 is 15.1 Å². The van der Waals surface area contributed by atoms with Crippen molar-refractivity contribution in [3.8, 4) is 0 Å². The second-order valence-electron chi connectivity index (χ2n) is 5.29. The maximum Gasteiger partial charge on any atom is 0.417 e. The van der Waals surface area contributed by atoms with Gasteiger partial charge in [0.15, 0.2) is 0 Å². The topological polar surface area (TPSA) is 98.2 Å². The van der Waals surface area contributed by atoms with Gasteiger partial charge in [0.2, 0.25) is 5.91 Å². The first-order valence-corrected chi connectivity index (χ1v) is 8.50. The zero-order valence-electron chi connectivity index (χ0n) is 12.0. The lowest BCUT2D eigenvalue weighted by Gasteiger charge is -2.34. The van der Waals surface area contributed by atoms with Crippen LogP contribution in [0.4, 0.5) is 9.59 Å². The minimum atomic E-state index is -1.60. The molecule has 1 atom stereocenters. The molecule has 0 spiro atoms. The van der Waals surface area contributed by atoms with Crippen LogP contribution in [0.25, 0.3) is 0 Å². The second kappa shape index (κ2) is 8.40. The molecule has 8 heteroatoms. The first kappa shape index (κ1) is 18.0. The average Bonchev–Trinajstić information content (AvgIpc) is 2.42. The third-order valence-corrected chi connectivity index (χ3v) is 4.48. The van der Waals surface area contributed by atoms with Crippen molar-refractivity contribution < 1.29 is 24.6 Å². The Morgan fingerprint density at radius 1 is 1.24 bits per heavy atom. The van der Waals surface area contributed by atoms with Gasteiger partial charge in [0, 0.05) is 13.1 Å². The molecule has 2 N–H and O–H groups in total. The summed E-state index contributed by atoms with van der Waals surface area (Å²) in [4.78, 5) is 36.7. The fourth-order valence-electron chi connectivity index (χ4n) is 2.42. The first-order valence-electron chi connectivity index (χ1n) is 6.98. The largest absolute Gasteiger partial charge is 0.464 e. The Hall–Kier alpha value is -1.06. The third kappa shape index (κ3) is 5.01. The second-order valence-corrected chi connectivity index (χ2v) is 6.37. The summed E-state index contributed by atoms with van der Waals surface area (Å²) in [6.07, 6.45) is -0.639. The van der Waals surface area contributed by atoms with E-state index in [1.165, 1.54) is 0 Å². The number of likely N-dealkylation sites (tertiary alicyclic amines) is 1. The van der Waals surface area contributed by atoms with Gasteiger partial charge in [-0.25, -0.2) is 9.59 Å². The predicted octanol–water partition coefficient (Wildman–Crippen LogP) is 2.49. The number of amides is 3. The van der Waals surface area contributed by atoms with Crippen molar-refractivity contribution in [2.24, 2.45) is 5.92 Å². The molecule has 0 saturated carbocycles. The smallest absolute Gasteiger partial charge is 0.417 e. The van der Waals surface area contributed by atoms with Crippen LogP contribution in [-0.4, -0.2) is 61.7 Å². The number of carboxylic acid groups (broad SMARTS) is 2. The average molecular weight is 412 g/mol. The van der Waals surface area contributed by atoms with Crippen LogP contribution >= 0.6 is 22.6 Å². The van der Waals surface area contributed by atoms with Crippen molar-refractivity contribution in [1.29, 1.82) is 0 Å². The van der Waals surface area contributed by atoms with Crippen LogP contribution in [0, 0.1) is 5.92 Å². The van der Waals surface area contributed by atoms with Crippen molar-refractivity contribution in [3.05, 3.63) is 0 Å². The molecule has 1 saturated heterocycles. The SMILES string of the molecule is CC1CCN(C(=O)[C@H](CCCI)N(C(=O)O)C(=O)O)CC1. The summed E-state index contributed by atoms with van der Waals surface area (Å²) in [5, 5.41) is 18.2. The minimum Gasteiger partial charge on any atom is -0.464 e. The molecule has 120 valence electrons. The number of piperidine rings is 1. The molecule has 0 bridgehead atoms. The quantitative estimate of drug-likeness (QED) is 0.534. The highest BCUT2D eigenvalue weighted by molar-refractivity contribution is 14.1. The van der Waals surface area contributed by atoms with Crippen molar-refractivity contribution in [2.75, 3.05) is 17.5 Å². The molecular weight excluding hydrogens is 391 g/mol. The molecule has 0 aromatic heterocycles. The number of hydrogen-bond acceptors (Lipinski definition) is 3. The van der Waals surface area contributed by atoms with E-state index in [-0.39, 0.29) is 11.3 Å². The Morgan fingerprint density at radius 2 is 1.76 bits per heavy atom. The fraction of sp³-hybridized carbons (Fsp3) is 0.769. The van der Waals surface area contributed by atoms with E-state index in [0.29, 0.717) is 25.4 Å². The number of halogens is 1. The molecule has 0 unspecified atom stereocenters. The summed E-state index contributed by atoms with van der Waals surface area (Å²) < 4.78 is 0.742. The molecule has 0 radical (unpaired) electrons. The fourth-order valence-corrected chi connectivity index (χ4v) is 2.86. The van der Waals surface area contributed by atoms with E-state index in [4.69, 9.17) is 10.2 Å². The lowest BCUT2D eigenvalue weighted by Crippen LogP contribution is -2.54. The highest BCUT2D eigenvalue weighted by Gasteiger charge is 2.37.